The highest BCUT2D eigenvalue weighted by molar-refractivity contribution is 9.10. The standard InChI is InChI=1S/C15H18BrNO4/c1-20-15(19)11-4-3-7-17(9-11)14(18)10-21-13-6-2-5-12(16)8-13/h2,5-6,8,11H,3-4,7,9-10H2,1H3/t11-/m0/s1. The smallest absolute Gasteiger partial charge is 0.310 e. The first-order valence-corrected chi connectivity index (χ1v) is 7.63. The van der Waals surface area contributed by atoms with E-state index in [1.54, 1.807) is 17.0 Å². The summed E-state index contributed by atoms with van der Waals surface area (Å²) < 4.78 is 11.1. The number of halogens is 1. The summed E-state index contributed by atoms with van der Waals surface area (Å²) in [7, 11) is 1.37. The second kappa shape index (κ2) is 7.45. The van der Waals surface area contributed by atoms with Crippen LogP contribution in [0.1, 0.15) is 12.8 Å². The number of ether oxygens (including phenoxy) is 2. The Morgan fingerprint density at radius 1 is 1.43 bits per heavy atom. The van der Waals surface area contributed by atoms with Crippen LogP contribution in [0.3, 0.4) is 0 Å². The predicted molar refractivity (Wildman–Crippen MR) is 81.0 cm³/mol. The van der Waals surface area contributed by atoms with Crippen LogP contribution >= 0.6 is 15.9 Å². The zero-order valence-corrected chi connectivity index (χ0v) is 13.5. The van der Waals surface area contributed by atoms with E-state index in [1.165, 1.54) is 7.11 Å². The van der Waals surface area contributed by atoms with Gasteiger partial charge in [-0.2, -0.15) is 0 Å². The fraction of sp³-hybridized carbons (Fsp3) is 0.467. The highest BCUT2D eigenvalue weighted by Gasteiger charge is 2.29. The minimum Gasteiger partial charge on any atom is -0.484 e. The highest BCUT2D eigenvalue weighted by Crippen LogP contribution is 2.20. The number of amides is 1. The number of carbonyl (C=O) groups is 2. The van der Waals surface area contributed by atoms with Crippen LogP contribution in [0.4, 0.5) is 0 Å². The van der Waals surface area contributed by atoms with E-state index in [9.17, 15) is 9.59 Å². The number of rotatable bonds is 4. The number of hydrogen-bond acceptors (Lipinski definition) is 4. The Morgan fingerprint density at radius 3 is 2.95 bits per heavy atom. The van der Waals surface area contributed by atoms with Crippen molar-refractivity contribution >= 4 is 27.8 Å². The molecule has 1 saturated heterocycles. The van der Waals surface area contributed by atoms with Gasteiger partial charge in [0.2, 0.25) is 0 Å². The second-order valence-electron chi connectivity index (χ2n) is 4.95. The normalized spacial score (nSPS) is 18.2. The number of piperidine rings is 1. The maximum atomic E-state index is 12.1. The molecule has 0 saturated carbocycles. The molecule has 1 aliphatic heterocycles. The van der Waals surface area contributed by atoms with Crippen molar-refractivity contribution in [3.05, 3.63) is 28.7 Å². The van der Waals surface area contributed by atoms with Crippen molar-refractivity contribution < 1.29 is 19.1 Å². The number of likely N-dealkylation sites (tertiary alicyclic amines) is 1. The van der Waals surface area contributed by atoms with Gasteiger partial charge < -0.3 is 14.4 Å². The summed E-state index contributed by atoms with van der Waals surface area (Å²) in [5.74, 6) is 0.0572. The number of hydrogen-bond donors (Lipinski definition) is 0. The summed E-state index contributed by atoms with van der Waals surface area (Å²) in [5.41, 5.74) is 0. The molecule has 6 heteroatoms. The SMILES string of the molecule is COC(=O)[C@H]1CCCN(C(=O)COc2cccc(Br)c2)C1. The van der Waals surface area contributed by atoms with E-state index in [0.29, 0.717) is 18.8 Å². The summed E-state index contributed by atoms with van der Waals surface area (Å²) in [6.07, 6.45) is 1.57. The fourth-order valence-corrected chi connectivity index (χ4v) is 2.73. The van der Waals surface area contributed by atoms with Crippen molar-refractivity contribution in [3.8, 4) is 5.75 Å². The zero-order chi connectivity index (χ0) is 15.2. The van der Waals surface area contributed by atoms with Gasteiger partial charge >= 0.3 is 5.97 Å². The largest absolute Gasteiger partial charge is 0.484 e. The Bertz CT molecular complexity index is 520. The van der Waals surface area contributed by atoms with Crippen LogP contribution in [0.15, 0.2) is 28.7 Å². The van der Waals surface area contributed by atoms with Crippen LogP contribution in [-0.2, 0) is 14.3 Å². The van der Waals surface area contributed by atoms with Gasteiger partial charge in [0.1, 0.15) is 5.75 Å². The Balaban J connectivity index is 1.86. The Morgan fingerprint density at radius 2 is 2.24 bits per heavy atom. The summed E-state index contributed by atoms with van der Waals surface area (Å²) in [4.78, 5) is 25.4. The molecule has 0 radical (unpaired) electrons. The first-order chi connectivity index (χ1) is 10.1. The Hall–Kier alpha value is -1.56. The van der Waals surface area contributed by atoms with Gasteiger partial charge in [-0.05, 0) is 31.0 Å². The number of nitrogens with zero attached hydrogens (tertiary/aromatic N) is 1. The van der Waals surface area contributed by atoms with Crippen molar-refractivity contribution in [2.45, 2.75) is 12.8 Å². The number of methoxy groups -OCH3 is 1. The maximum absolute atomic E-state index is 12.1. The van der Waals surface area contributed by atoms with E-state index in [1.807, 2.05) is 12.1 Å². The van der Waals surface area contributed by atoms with Crippen LogP contribution in [0.25, 0.3) is 0 Å². The summed E-state index contributed by atoms with van der Waals surface area (Å²) >= 11 is 3.35. The van der Waals surface area contributed by atoms with Crippen molar-refractivity contribution in [1.82, 2.24) is 4.90 Å². The van der Waals surface area contributed by atoms with Gasteiger partial charge in [0, 0.05) is 17.6 Å². The van der Waals surface area contributed by atoms with E-state index in [0.717, 1.165) is 17.3 Å². The van der Waals surface area contributed by atoms with Gasteiger partial charge in [-0.3, -0.25) is 9.59 Å². The second-order valence-corrected chi connectivity index (χ2v) is 5.86. The predicted octanol–water partition coefficient (Wildman–Crippen LogP) is 2.24. The molecule has 0 bridgehead atoms. The van der Waals surface area contributed by atoms with Crippen molar-refractivity contribution in [2.24, 2.45) is 5.92 Å². The molecule has 1 aromatic rings. The molecule has 21 heavy (non-hydrogen) atoms. The van der Waals surface area contributed by atoms with E-state index >= 15 is 0 Å². The summed E-state index contributed by atoms with van der Waals surface area (Å²) in [5, 5.41) is 0. The average molecular weight is 356 g/mol. The van der Waals surface area contributed by atoms with Crippen LogP contribution in [0, 0.1) is 5.92 Å². The topological polar surface area (TPSA) is 55.8 Å². The van der Waals surface area contributed by atoms with Crippen molar-refractivity contribution in [2.75, 3.05) is 26.8 Å². The number of esters is 1. The monoisotopic (exact) mass is 355 g/mol. The third-order valence-electron chi connectivity index (χ3n) is 3.47. The highest BCUT2D eigenvalue weighted by atomic mass is 79.9. The molecule has 1 atom stereocenters. The summed E-state index contributed by atoms with van der Waals surface area (Å²) in [6.45, 7) is 1.05. The van der Waals surface area contributed by atoms with Gasteiger partial charge in [0.05, 0.1) is 13.0 Å². The molecule has 1 amide bonds. The molecule has 114 valence electrons. The van der Waals surface area contributed by atoms with E-state index in [4.69, 9.17) is 9.47 Å². The molecule has 0 aromatic heterocycles. The third kappa shape index (κ3) is 4.46. The van der Waals surface area contributed by atoms with Gasteiger partial charge in [-0.1, -0.05) is 22.0 Å². The molecule has 1 heterocycles. The quantitative estimate of drug-likeness (QED) is 0.777. The van der Waals surface area contributed by atoms with Crippen LogP contribution < -0.4 is 4.74 Å². The molecule has 2 rings (SSSR count). The van der Waals surface area contributed by atoms with Gasteiger partial charge in [0.25, 0.3) is 5.91 Å². The molecule has 0 unspecified atom stereocenters. The molecular formula is C15H18BrNO4. The van der Waals surface area contributed by atoms with E-state index < -0.39 is 0 Å². The third-order valence-corrected chi connectivity index (χ3v) is 3.96. The average Bonchev–Trinajstić information content (AvgIpc) is 2.52. The first-order valence-electron chi connectivity index (χ1n) is 6.84. The molecule has 1 aromatic carbocycles. The number of benzene rings is 1. The van der Waals surface area contributed by atoms with E-state index in [-0.39, 0.29) is 24.4 Å². The Kier molecular flexibility index (Phi) is 5.61. The van der Waals surface area contributed by atoms with Gasteiger partial charge in [-0.25, -0.2) is 0 Å². The molecule has 0 aliphatic carbocycles. The lowest BCUT2D eigenvalue weighted by Gasteiger charge is -2.31. The Labute approximate surface area is 132 Å². The van der Waals surface area contributed by atoms with Crippen LogP contribution in [0.5, 0.6) is 5.75 Å². The lowest BCUT2D eigenvalue weighted by atomic mass is 9.98. The summed E-state index contributed by atoms with van der Waals surface area (Å²) in [6, 6.07) is 7.34. The molecule has 0 N–H and O–H groups in total. The lowest BCUT2D eigenvalue weighted by Crippen LogP contribution is -2.44. The maximum Gasteiger partial charge on any atom is 0.310 e. The van der Waals surface area contributed by atoms with Gasteiger partial charge in [0.15, 0.2) is 6.61 Å². The van der Waals surface area contributed by atoms with Crippen LogP contribution in [0.2, 0.25) is 0 Å². The molecular weight excluding hydrogens is 338 g/mol. The molecule has 5 nitrogen and oxygen atoms in total. The van der Waals surface area contributed by atoms with Crippen LogP contribution in [-0.4, -0.2) is 43.6 Å². The van der Waals surface area contributed by atoms with Crippen molar-refractivity contribution in [3.63, 3.8) is 0 Å². The molecule has 1 fully saturated rings. The first kappa shape index (κ1) is 15.8. The van der Waals surface area contributed by atoms with E-state index in [2.05, 4.69) is 15.9 Å². The lowest BCUT2D eigenvalue weighted by molar-refractivity contribution is -0.149. The minimum atomic E-state index is -0.250. The zero-order valence-electron chi connectivity index (χ0n) is 11.9. The molecule has 1 aliphatic rings. The number of carbonyl (C=O) groups excluding carboxylic acids is 2. The fourth-order valence-electron chi connectivity index (χ4n) is 2.36. The van der Waals surface area contributed by atoms with Gasteiger partial charge in [-0.15, -0.1) is 0 Å². The van der Waals surface area contributed by atoms with Crippen molar-refractivity contribution in [1.29, 1.82) is 0 Å². The molecule has 0 spiro atoms. The minimum absolute atomic E-state index is 0.0235.